The van der Waals surface area contributed by atoms with Crippen molar-refractivity contribution >= 4 is 15.7 Å². The minimum Gasteiger partial charge on any atom is -0.399 e. The largest absolute Gasteiger partial charge is 0.399 e. The monoisotopic (exact) mass is 286 g/mol. The quantitative estimate of drug-likeness (QED) is 0.847. The fourth-order valence-corrected chi connectivity index (χ4v) is 3.96. The molecular weight excluding hydrogens is 267 g/mol. The highest BCUT2D eigenvalue weighted by Crippen LogP contribution is 2.27. The highest BCUT2D eigenvalue weighted by atomic mass is 32.2. The molecule has 2 rings (SSSR count). The second-order valence-electron chi connectivity index (χ2n) is 5.24. The summed E-state index contributed by atoms with van der Waals surface area (Å²) in [6, 6.07) is 2.64. The number of aryl methyl sites for hydroxylation is 1. The molecule has 1 aliphatic heterocycles. The van der Waals surface area contributed by atoms with E-state index in [9.17, 15) is 12.8 Å². The van der Waals surface area contributed by atoms with E-state index in [0.29, 0.717) is 19.0 Å². The fraction of sp³-hybridized carbons (Fsp3) is 0.538. The van der Waals surface area contributed by atoms with Gasteiger partial charge >= 0.3 is 0 Å². The second kappa shape index (κ2) is 5.09. The minimum absolute atomic E-state index is 0.254. The number of benzene rings is 1. The molecule has 1 saturated heterocycles. The van der Waals surface area contributed by atoms with E-state index >= 15 is 0 Å². The van der Waals surface area contributed by atoms with Crippen molar-refractivity contribution < 1.29 is 12.8 Å². The van der Waals surface area contributed by atoms with Crippen LogP contribution in [0.25, 0.3) is 0 Å². The SMILES string of the molecule is Cc1cc(N)cc(S(=O)(=O)N2CCC(C)CC2)c1F. The molecule has 1 aromatic carbocycles. The third-order valence-electron chi connectivity index (χ3n) is 3.60. The Kier molecular flexibility index (Phi) is 3.82. The topological polar surface area (TPSA) is 63.4 Å². The molecule has 1 fully saturated rings. The van der Waals surface area contributed by atoms with Gasteiger partial charge in [-0.15, -0.1) is 0 Å². The van der Waals surface area contributed by atoms with Crippen LogP contribution in [-0.4, -0.2) is 25.8 Å². The van der Waals surface area contributed by atoms with Crippen LogP contribution in [0.1, 0.15) is 25.3 Å². The summed E-state index contributed by atoms with van der Waals surface area (Å²) in [5.74, 6) is -0.188. The summed E-state index contributed by atoms with van der Waals surface area (Å²) in [6.07, 6.45) is 1.62. The Morgan fingerprint density at radius 3 is 2.47 bits per heavy atom. The fourth-order valence-electron chi connectivity index (χ4n) is 2.32. The first-order valence-electron chi connectivity index (χ1n) is 6.38. The lowest BCUT2D eigenvalue weighted by atomic mass is 10.0. The zero-order chi connectivity index (χ0) is 14.2. The molecule has 0 aromatic heterocycles. The molecule has 0 amide bonds. The van der Waals surface area contributed by atoms with Crippen molar-refractivity contribution in [3.05, 3.63) is 23.5 Å². The summed E-state index contributed by atoms with van der Waals surface area (Å²) in [6.45, 7) is 4.49. The molecule has 4 nitrogen and oxygen atoms in total. The number of hydrogen-bond acceptors (Lipinski definition) is 3. The molecular formula is C13H19FN2O2S. The maximum Gasteiger partial charge on any atom is 0.246 e. The first-order chi connectivity index (χ1) is 8.82. The predicted octanol–water partition coefficient (Wildman–Crippen LogP) is 2.14. The third-order valence-corrected chi connectivity index (χ3v) is 5.50. The summed E-state index contributed by atoms with van der Waals surface area (Å²) in [5.41, 5.74) is 6.15. The minimum atomic E-state index is -3.78. The normalized spacial score (nSPS) is 18.7. The number of anilines is 1. The highest BCUT2D eigenvalue weighted by molar-refractivity contribution is 7.89. The van der Waals surface area contributed by atoms with Crippen molar-refractivity contribution in [2.24, 2.45) is 5.92 Å². The third kappa shape index (κ3) is 2.74. The molecule has 6 heteroatoms. The van der Waals surface area contributed by atoms with Gasteiger partial charge in [0.25, 0.3) is 0 Å². The predicted molar refractivity (Wildman–Crippen MR) is 72.7 cm³/mol. The summed E-state index contributed by atoms with van der Waals surface area (Å²) >= 11 is 0. The van der Waals surface area contributed by atoms with Crippen molar-refractivity contribution in [2.45, 2.75) is 31.6 Å². The van der Waals surface area contributed by atoms with Crippen molar-refractivity contribution in [1.82, 2.24) is 4.31 Å². The number of halogens is 1. The Bertz CT molecular complexity index is 579. The first-order valence-corrected chi connectivity index (χ1v) is 7.82. The van der Waals surface area contributed by atoms with Gasteiger partial charge in [0, 0.05) is 18.8 Å². The van der Waals surface area contributed by atoms with Crippen LogP contribution in [0.3, 0.4) is 0 Å². The summed E-state index contributed by atoms with van der Waals surface area (Å²) < 4.78 is 40.3. The van der Waals surface area contributed by atoms with Gasteiger partial charge < -0.3 is 5.73 Å². The molecule has 2 N–H and O–H groups in total. The molecule has 19 heavy (non-hydrogen) atoms. The van der Waals surface area contributed by atoms with Gasteiger partial charge in [-0.25, -0.2) is 12.8 Å². The average molecular weight is 286 g/mol. The number of nitrogens with zero attached hydrogens (tertiary/aromatic N) is 1. The Labute approximate surface area is 113 Å². The molecule has 106 valence electrons. The van der Waals surface area contributed by atoms with Crippen LogP contribution in [0.4, 0.5) is 10.1 Å². The maximum absolute atomic E-state index is 14.0. The van der Waals surface area contributed by atoms with Gasteiger partial charge in [-0.2, -0.15) is 4.31 Å². The van der Waals surface area contributed by atoms with Gasteiger partial charge in [-0.3, -0.25) is 0 Å². The molecule has 1 aromatic rings. The summed E-state index contributed by atoms with van der Waals surface area (Å²) in [4.78, 5) is -0.306. The van der Waals surface area contributed by atoms with Gasteiger partial charge in [-0.1, -0.05) is 6.92 Å². The zero-order valence-electron chi connectivity index (χ0n) is 11.2. The molecule has 0 bridgehead atoms. The standard InChI is InChI=1S/C13H19FN2O2S/c1-9-3-5-16(6-4-9)19(17,18)12-8-11(15)7-10(2)13(12)14/h7-9H,3-6,15H2,1-2H3. The van der Waals surface area contributed by atoms with Gasteiger partial charge in [0.15, 0.2) is 0 Å². The van der Waals surface area contributed by atoms with Crippen LogP contribution < -0.4 is 5.73 Å². The van der Waals surface area contributed by atoms with E-state index in [1.54, 1.807) is 0 Å². The number of nitrogens with two attached hydrogens (primary N) is 1. The van der Waals surface area contributed by atoms with E-state index in [1.165, 1.54) is 23.4 Å². The van der Waals surface area contributed by atoms with Crippen molar-refractivity contribution in [3.8, 4) is 0 Å². The molecule has 0 spiro atoms. The van der Waals surface area contributed by atoms with Gasteiger partial charge in [0.1, 0.15) is 10.7 Å². The Morgan fingerprint density at radius 1 is 1.32 bits per heavy atom. The Balaban J connectivity index is 2.40. The van der Waals surface area contributed by atoms with E-state index in [2.05, 4.69) is 6.92 Å². The van der Waals surface area contributed by atoms with Crippen LogP contribution in [0, 0.1) is 18.7 Å². The number of sulfonamides is 1. The molecule has 1 aliphatic rings. The van der Waals surface area contributed by atoms with E-state index < -0.39 is 15.8 Å². The number of nitrogen functional groups attached to an aromatic ring is 1. The van der Waals surface area contributed by atoms with Crippen LogP contribution in [0.5, 0.6) is 0 Å². The number of rotatable bonds is 2. The summed E-state index contributed by atoms with van der Waals surface area (Å²) in [5, 5.41) is 0. The average Bonchev–Trinajstić information content (AvgIpc) is 2.34. The Hall–Kier alpha value is -1.14. The first kappa shape index (κ1) is 14.3. The van der Waals surface area contributed by atoms with Crippen LogP contribution in [0.2, 0.25) is 0 Å². The number of piperidine rings is 1. The molecule has 0 radical (unpaired) electrons. The van der Waals surface area contributed by atoms with Crippen molar-refractivity contribution in [1.29, 1.82) is 0 Å². The second-order valence-corrected chi connectivity index (χ2v) is 7.14. The van der Waals surface area contributed by atoms with Crippen molar-refractivity contribution in [3.63, 3.8) is 0 Å². The lowest BCUT2D eigenvalue weighted by molar-refractivity contribution is 0.287. The van der Waals surface area contributed by atoms with Gasteiger partial charge in [0.2, 0.25) is 10.0 Å². The maximum atomic E-state index is 14.0. The van der Waals surface area contributed by atoms with E-state index in [1.807, 2.05) is 0 Å². The van der Waals surface area contributed by atoms with Crippen LogP contribution >= 0.6 is 0 Å². The zero-order valence-corrected chi connectivity index (χ0v) is 12.0. The molecule has 0 saturated carbocycles. The van der Waals surface area contributed by atoms with E-state index in [0.717, 1.165) is 12.8 Å². The molecule has 0 atom stereocenters. The van der Waals surface area contributed by atoms with Crippen molar-refractivity contribution in [2.75, 3.05) is 18.8 Å². The van der Waals surface area contributed by atoms with Crippen LogP contribution in [-0.2, 0) is 10.0 Å². The molecule has 0 aliphatic carbocycles. The van der Waals surface area contributed by atoms with Gasteiger partial charge in [0.05, 0.1) is 0 Å². The number of hydrogen-bond donors (Lipinski definition) is 1. The lowest BCUT2D eigenvalue weighted by Gasteiger charge is -2.29. The van der Waals surface area contributed by atoms with Gasteiger partial charge in [-0.05, 0) is 43.4 Å². The van der Waals surface area contributed by atoms with E-state index in [-0.39, 0.29) is 16.1 Å². The Morgan fingerprint density at radius 2 is 1.89 bits per heavy atom. The molecule has 1 heterocycles. The smallest absolute Gasteiger partial charge is 0.246 e. The molecule has 0 unspecified atom stereocenters. The highest BCUT2D eigenvalue weighted by Gasteiger charge is 2.31. The summed E-state index contributed by atoms with van der Waals surface area (Å²) in [7, 11) is -3.78. The van der Waals surface area contributed by atoms with Crippen LogP contribution in [0.15, 0.2) is 17.0 Å². The lowest BCUT2D eigenvalue weighted by Crippen LogP contribution is -2.38. The van der Waals surface area contributed by atoms with E-state index in [4.69, 9.17) is 5.73 Å².